The van der Waals surface area contributed by atoms with E-state index in [1.807, 2.05) is 31.2 Å². The highest BCUT2D eigenvalue weighted by molar-refractivity contribution is 6.46. The van der Waals surface area contributed by atoms with E-state index in [0.717, 1.165) is 11.1 Å². The Kier molecular flexibility index (Phi) is 7.99. The van der Waals surface area contributed by atoms with Gasteiger partial charge in [0.1, 0.15) is 18.1 Å². The summed E-state index contributed by atoms with van der Waals surface area (Å²) in [6.07, 6.45) is 0. The Morgan fingerprint density at radius 2 is 1.75 bits per heavy atom. The SMILES string of the molecule is COCCN1C(=O)C(=O)C(=C(O)c2ccc(OCc3cccc(C)c3)cc2)[C@H]1c1ccc(Cl)c(Cl)c1. The normalized spacial score (nSPS) is 17.0. The standard InChI is InChI=1S/C28H25Cl2NO5/c1-17-4-3-5-18(14-17)16-36-21-9-6-19(7-10-21)26(32)24-25(20-8-11-22(29)23(30)15-20)31(12-13-35-2)28(34)27(24)33/h3-11,14-15,25,32H,12-13,16H2,1-2H3/t25-/m1/s1. The number of aliphatic hydroxyl groups is 1. The predicted octanol–water partition coefficient (Wildman–Crippen LogP) is 5.95. The van der Waals surface area contributed by atoms with Crippen LogP contribution in [0.4, 0.5) is 0 Å². The predicted molar refractivity (Wildman–Crippen MR) is 139 cm³/mol. The number of hydrogen-bond acceptors (Lipinski definition) is 5. The van der Waals surface area contributed by atoms with Crippen molar-refractivity contribution in [3.05, 3.63) is 105 Å². The number of ether oxygens (including phenoxy) is 2. The van der Waals surface area contributed by atoms with Crippen molar-refractivity contribution in [1.82, 2.24) is 4.90 Å². The molecule has 3 aromatic rings. The van der Waals surface area contributed by atoms with Crippen LogP contribution in [-0.2, 0) is 20.9 Å². The topological polar surface area (TPSA) is 76.1 Å². The minimum absolute atomic E-state index is 0.0251. The van der Waals surface area contributed by atoms with Crippen LogP contribution in [0.5, 0.6) is 5.75 Å². The van der Waals surface area contributed by atoms with Gasteiger partial charge in [0, 0.05) is 19.2 Å². The lowest BCUT2D eigenvalue weighted by molar-refractivity contribution is -0.140. The molecular formula is C28H25Cl2NO5. The summed E-state index contributed by atoms with van der Waals surface area (Å²) in [5.41, 5.74) is 3.10. The third-order valence-electron chi connectivity index (χ3n) is 5.95. The number of ketones is 1. The molecule has 0 radical (unpaired) electrons. The van der Waals surface area contributed by atoms with Gasteiger partial charge in [-0.3, -0.25) is 9.59 Å². The van der Waals surface area contributed by atoms with Gasteiger partial charge in [-0.1, -0.05) is 59.1 Å². The zero-order chi connectivity index (χ0) is 25.8. The third kappa shape index (κ3) is 5.41. The molecule has 1 aliphatic rings. The highest BCUT2D eigenvalue weighted by Gasteiger charge is 2.46. The maximum absolute atomic E-state index is 13.0. The molecule has 1 N–H and O–H groups in total. The van der Waals surface area contributed by atoms with E-state index < -0.39 is 17.7 Å². The van der Waals surface area contributed by atoms with E-state index in [-0.39, 0.29) is 29.5 Å². The molecule has 1 saturated heterocycles. The lowest BCUT2D eigenvalue weighted by atomic mass is 9.95. The molecule has 0 bridgehead atoms. The second-order valence-electron chi connectivity index (χ2n) is 8.46. The fraction of sp³-hybridized carbons (Fsp3) is 0.214. The van der Waals surface area contributed by atoms with E-state index in [1.54, 1.807) is 42.5 Å². The van der Waals surface area contributed by atoms with Gasteiger partial charge in [0.2, 0.25) is 0 Å². The Bertz CT molecular complexity index is 1320. The summed E-state index contributed by atoms with van der Waals surface area (Å²) in [5, 5.41) is 11.8. The largest absolute Gasteiger partial charge is 0.507 e. The lowest BCUT2D eigenvalue weighted by Gasteiger charge is -2.25. The molecule has 0 aliphatic carbocycles. The number of benzene rings is 3. The average molecular weight is 526 g/mol. The van der Waals surface area contributed by atoms with Crippen LogP contribution in [0.2, 0.25) is 10.0 Å². The van der Waals surface area contributed by atoms with E-state index in [0.29, 0.717) is 28.5 Å². The van der Waals surface area contributed by atoms with Crippen LogP contribution < -0.4 is 4.74 Å². The summed E-state index contributed by atoms with van der Waals surface area (Å²) in [7, 11) is 1.51. The first kappa shape index (κ1) is 25.8. The van der Waals surface area contributed by atoms with E-state index in [9.17, 15) is 14.7 Å². The number of rotatable bonds is 8. The minimum atomic E-state index is -0.841. The number of aryl methyl sites for hydroxylation is 1. The van der Waals surface area contributed by atoms with Crippen LogP contribution in [0.15, 0.2) is 72.3 Å². The van der Waals surface area contributed by atoms with Crippen molar-refractivity contribution in [2.75, 3.05) is 20.3 Å². The van der Waals surface area contributed by atoms with Crippen LogP contribution >= 0.6 is 23.2 Å². The quantitative estimate of drug-likeness (QED) is 0.223. The molecule has 0 spiro atoms. The molecule has 1 amide bonds. The monoisotopic (exact) mass is 525 g/mol. The lowest BCUT2D eigenvalue weighted by Crippen LogP contribution is -2.32. The summed E-state index contributed by atoms with van der Waals surface area (Å²) < 4.78 is 11.0. The maximum Gasteiger partial charge on any atom is 0.295 e. The highest BCUT2D eigenvalue weighted by Crippen LogP contribution is 2.41. The fourth-order valence-electron chi connectivity index (χ4n) is 4.16. The summed E-state index contributed by atoms with van der Waals surface area (Å²) in [6.45, 7) is 2.80. The van der Waals surface area contributed by atoms with E-state index in [4.69, 9.17) is 32.7 Å². The molecular weight excluding hydrogens is 501 g/mol. The molecule has 4 rings (SSSR count). The Labute approximate surface area is 219 Å². The van der Waals surface area contributed by atoms with Gasteiger partial charge in [-0.2, -0.15) is 0 Å². The Morgan fingerprint density at radius 3 is 2.42 bits per heavy atom. The van der Waals surface area contributed by atoms with Crippen LogP contribution in [0, 0.1) is 6.92 Å². The Morgan fingerprint density at radius 1 is 1.00 bits per heavy atom. The molecule has 0 aromatic heterocycles. The number of aliphatic hydroxyl groups excluding tert-OH is 1. The summed E-state index contributed by atoms with van der Waals surface area (Å²) >= 11 is 12.3. The molecule has 186 valence electrons. The summed E-state index contributed by atoms with van der Waals surface area (Å²) in [4.78, 5) is 27.3. The number of Topliss-reactive ketones (excluding diaryl/α,β-unsaturated/α-hetero) is 1. The van der Waals surface area contributed by atoms with Crippen LogP contribution in [0.3, 0.4) is 0 Å². The molecule has 8 heteroatoms. The van der Waals surface area contributed by atoms with E-state index in [1.165, 1.54) is 12.0 Å². The first-order valence-corrected chi connectivity index (χ1v) is 12.1. The van der Waals surface area contributed by atoms with Crippen LogP contribution in [0.1, 0.15) is 28.3 Å². The zero-order valence-corrected chi connectivity index (χ0v) is 21.3. The van der Waals surface area contributed by atoms with Gasteiger partial charge in [-0.25, -0.2) is 0 Å². The number of nitrogens with zero attached hydrogens (tertiary/aromatic N) is 1. The number of carbonyl (C=O) groups excluding carboxylic acids is 2. The van der Waals surface area contributed by atoms with Crippen LogP contribution in [-0.4, -0.2) is 42.0 Å². The summed E-state index contributed by atoms with van der Waals surface area (Å²) in [6, 6.07) is 18.8. The van der Waals surface area contributed by atoms with Gasteiger partial charge >= 0.3 is 0 Å². The van der Waals surface area contributed by atoms with E-state index in [2.05, 4.69) is 0 Å². The molecule has 1 aliphatic heterocycles. The van der Waals surface area contributed by atoms with Gasteiger partial charge < -0.3 is 19.5 Å². The number of methoxy groups -OCH3 is 1. The first-order valence-electron chi connectivity index (χ1n) is 11.3. The van der Waals surface area contributed by atoms with Crippen molar-refractivity contribution in [2.45, 2.75) is 19.6 Å². The number of hydrogen-bond donors (Lipinski definition) is 1. The number of amides is 1. The van der Waals surface area contributed by atoms with Gasteiger partial charge in [0.15, 0.2) is 0 Å². The average Bonchev–Trinajstić information content (AvgIpc) is 3.12. The molecule has 1 heterocycles. The molecule has 1 atom stereocenters. The van der Waals surface area contributed by atoms with Gasteiger partial charge in [0.25, 0.3) is 11.7 Å². The number of likely N-dealkylation sites (tertiary alicyclic amines) is 1. The van der Waals surface area contributed by atoms with Crippen molar-refractivity contribution in [1.29, 1.82) is 0 Å². The first-order chi connectivity index (χ1) is 17.3. The molecule has 36 heavy (non-hydrogen) atoms. The smallest absolute Gasteiger partial charge is 0.295 e. The number of carbonyl (C=O) groups is 2. The highest BCUT2D eigenvalue weighted by atomic mass is 35.5. The van der Waals surface area contributed by atoms with Crippen molar-refractivity contribution in [2.24, 2.45) is 0 Å². The van der Waals surface area contributed by atoms with E-state index >= 15 is 0 Å². The van der Waals surface area contributed by atoms with Gasteiger partial charge in [-0.05, 0) is 54.4 Å². The molecule has 0 saturated carbocycles. The molecule has 0 unspecified atom stereocenters. The second kappa shape index (κ2) is 11.2. The zero-order valence-electron chi connectivity index (χ0n) is 19.8. The van der Waals surface area contributed by atoms with Gasteiger partial charge in [-0.15, -0.1) is 0 Å². The van der Waals surface area contributed by atoms with Crippen LogP contribution in [0.25, 0.3) is 5.76 Å². The fourth-order valence-corrected chi connectivity index (χ4v) is 4.47. The molecule has 1 fully saturated rings. The van der Waals surface area contributed by atoms with Crippen molar-refractivity contribution < 1.29 is 24.2 Å². The van der Waals surface area contributed by atoms with Gasteiger partial charge in [0.05, 0.1) is 28.3 Å². The second-order valence-corrected chi connectivity index (χ2v) is 9.28. The Hall–Kier alpha value is -3.32. The van der Waals surface area contributed by atoms with Crippen molar-refractivity contribution in [3.63, 3.8) is 0 Å². The van der Waals surface area contributed by atoms with Crippen molar-refractivity contribution in [3.8, 4) is 5.75 Å². The number of halogens is 2. The molecule has 3 aromatic carbocycles. The third-order valence-corrected chi connectivity index (χ3v) is 6.69. The molecule has 6 nitrogen and oxygen atoms in total. The Balaban J connectivity index is 1.66. The minimum Gasteiger partial charge on any atom is -0.507 e. The summed E-state index contributed by atoms with van der Waals surface area (Å²) in [5.74, 6) is -1.17. The maximum atomic E-state index is 13.0. The van der Waals surface area contributed by atoms with Crippen molar-refractivity contribution >= 4 is 40.7 Å².